The van der Waals surface area contributed by atoms with Crippen LogP contribution in [0.1, 0.15) is 61.9 Å². The summed E-state index contributed by atoms with van der Waals surface area (Å²) in [6.45, 7) is 11.3. The van der Waals surface area contributed by atoms with Crippen molar-refractivity contribution in [1.29, 1.82) is 0 Å². The van der Waals surface area contributed by atoms with E-state index in [1.54, 1.807) is 6.92 Å². The highest BCUT2D eigenvalue weighted by molar-refractivity contribution is 5.94. The minimum atomic E-state index is -0.319. The molecule has 1 aromatic rings. The van der Waals surface area contributed by atoms with Crippen LogP contribution in [0.5, 0.6) is 0 Å². The summed E-state index contributed by atoms with van der Waals surface area (Å²) >= 11 is 0. The predicted octanol–water partition coefficient (Wildman–Crippen LogP) is 1.59. The zero-order chi connectivity index (χ0) is 17.5. The first-order valence-electron chi connectivity index (χ1n) is 8.83. The number of nitrogens with zero attached hydrogens (tertiary/aromatic N) is 2. The van der Waals surface area contributed by atoms with Crippen molar-refractivity contribution in [2.75, 3.05) is 26.2 Å². The van der Waals surface area contributed by atoms with Gasteiger partial charge in [0.15, 0.2) is 0 Å². The molecule has 1 aromatic heterocycles. The summed E-state index contributed by atoms with van der Waals surface area (Å²) in [7, 11) is 0. The summed E-state index contributed by atoms with van der Waals surface area (Å²) in [6.07, 6.45) is 3.21. The number of piperidine rings is 1. The van der Waals surface area contributed by atoms with E-state index in [4.69, 9.17) is 0 Å². The van der Waals surface area contributed by atoms with Crippen molar-refractivity contribution in [1.82, 2.24) is 20.2 Å². The highest BCUT2D eigenvalue weighted by Crippen LogP contribution is 2.37. The Morgan fingerprint density at radius 3 is 2.38 bits per heavy atom. The molecule has 2 saturated heterocycles. The van der Waals surface area contributed by atoms with E-state index in [0.29, 0.717) is 16.9 Å². The van der Waals surface area contributed by atoms with Crippen molar-refractivity contribution < 1.29 is 4.79 Å². The molecule has 2 fully saturated rings. The number of hydrogen-bond acceptors (Lipinski definition) is 4. The van der Waals surface area contributed by atoms with E-state index < -0.39 is 0 Å². The van der Waals surface area contributed by atoms with Gasteiger partial charge in [-0.25, -0.2) is 4.98 Å². The smallest absolute Gasteiger partial charge is 0.264 e. The lowest BCUT2D eigenvalue weighted by Gasteiger charge is -2.38. The molecular weight excluding hydrogens is 304 g/mol. The third-order valence-corrected chi connectivity index (χ3v) is 5.47. The standard InChI is InChI=1S/C18H28N4O2/c1-12-13(14(23)21-16(20-12)17(2,3)4)15(24)22-9-6-18(7-10-22)5-8-19-11-18/h19H,5-11H2,1-4H3,(H,20,21,23). The first-order valence-corrected chi connectivity index (χ1v) is 8.83. The lowest BCUT2D eigenvalue weighted by molar-refractivity contribution is 0.0604. The second kappa shape index (κ2) is 5.99. The van der Waals surface area contributed by atoms with Gasteiger partial charge in [-0.15, -0.1) is 0 Å². The monoisotopic (exact) mass is 332 g/mol. The molecule has 24 heavy (non-hydrogen) atoms. The number of carbonyl (C=O) groups is 1. The van der Waals surface area contributed by atoms with Gasteiger partial charge in [0.2, 0.25) is 0 Å². The highest BCUT2D eigenvalue weighted by Gasteiger charge is 2.38. The molecule has 0 saturated carbocycles. The summed E-state index contributed by atoms with van der Waals surface area (Å²) in [5, 5.41) is 3.43. The molecule has 0 radical (unpaired) electrons. The Morgan fingerprint density at radius 1 is 1.21 bits per heavy atom. The van der Waals surface area contributed by atoms with Gasteiger partial charge < -0.3 is 15.2 Å². The lowest BCUT2D eigenvalue weighted by atomic mass is 9.78. The molecule has 132 valence electrons. The van der Waals surface area contributed by atoms with Gasteiger partial charge in [-0.05, 0) is 38.1 Å². The summed E-state index contributed by atoms with van der Waals surface area (Å²) in [6, 6.07) is 0. The molecule has 0 atom stereocenters. The van der Waals surface area contributed by atoms with E-state index in [9.17, 15) is 9.59 Å². The molecule has 0 unspecified atom stereocenters. The van der Waals surface area contributed by atoms with Crippen molar-refractivity contribution in [2.45, 2.75) is 52.4 Å². The third kappa shape index (κ3) is 3.11. The summed E-state index contributed by atoms with van der Waals surface area (Å²) in [5.74, 6) is 0.443. The molecule has 3 rings (SSSR count). The fraction of sp³-hybridized carbons (Fsp3) is 0.722. The van der Waals surface area contributed by atoms with Gasteiger partial charge in [0.1, 0.15) is 11.4 Å². The van der Waals surface area contributed by atoms with Gasteiger partial charge in [0, 0.05) is 25.0 Å². The van der Waals surface area contributed by atoms with E-state index in [-0.39, 0.29) is 22.4 Å². The van der Waals surface area contributed by atoms with Crippen LogP contribution in [0, 0.1) is 12.3 Å². The van der Waals surface area contributed by atoms with Crippen molar-refractivity contribution in [3.05, 3.63) is 27.4 Å². The SMILES string of the molecule is Cc1nc(C(C)(C)C)[nH]c(=O)c1C(=O)N1CCC2(CCNC2)CC1. The predicted molar refractivity (Wildman–Crippen MR) is 93.4 cm³/mol. The molecular formula is C18H28N4O2. The van der Waals surface area contributed by atoms with Gasteiger partial charge in [-0.1, -0.05) is 20.8 Å². The Morgan fingerprint density at radius 2 is 1.88 bits per heavy atom. The number of aromatic nitrogens is 2. The Kier molecular flexibility index (Phi) is 4.28. The van der Waals surface area contributed by atoms with Crippen LogP contribution < -0.4 is 10.9 Å². The second-order valence-corrected chi connectivity index (χ2v) is 8.34. The molecule has 6 heteroatoms. The minimum absolute atomic E-state index is 0.178. The number of hydrogen-bond donors (Lipinski definition) is 2. The van der Waals surface area contributed by atoms with Crippen LogP contribution in [0.3, 0.4) is 0 Å². The number of nitrogens with one attached hydrogen (secondary N) is 2. The Hall–Kier alpha value is -1.69. The van der Waals surface area contributed by atoms with Gasteiger partial charge in [0.05, 0.1) is 5.69 Å². The maximum Gasteiger partial charge on any atom is 0.264 e. The summed E-state index contributed by atoms with van der Waals surface area (Å²) < 4.78 is 0. The van der Waals surface area contributed by atoms with Crippen LogP contribution >= 0.6 is 0 Å². The van der Waals surface area contributed by atoms with E-state index >= 15 is 0 Å². The topological polar surface area (TPSA) is 78.1 Å². The molecule has 1 amide bonds. The van der Waals surface area contributed by atoms with E-state index in [0.717, 1.165) is 39.0 Å². The number of amides is 1. The average molecular weight is 332 g/mol. The molecule has 0 aromatic carbocycles. The quantitative estimate of drug-likeness (QED) is 0.819. The van der Waals surface area contributed by atoms with Crippen molar-refractivity contribution in [3.8, 4) is 0 Å². The zero-order valence-corrected chi connectivity index (χ0v) is 15.2. The maximum atomic E-state index is 12.9. The van der Waals surface area contributed by atoms with E-state index in [2.05, 4.69) is 15.3 Å². The van der Waals surface area contributed by atoms with Crippen LogP contribution in [0.25, 0.3) is 0 Å². The third-order valence-electron chi connectivity index (χ3n) is 5.47. The van der Waals surface area contributed by atoms with Crippen LogP contribution in [0.2, 0.25) is 0 Å². The van der Waals surface area contributed by atoms with E-state index in [1.165, 1.54) is 6.42 Å². The Bertz CT molecular complexity index is 686. The van der Waals surface area contributed by atoms with Crippen LogP contribution in [-0.4, -0.2) is 47.0 Å². The number of aromatic amines is 1. The van der Waals surface area contributed by atoms with E-state index in [1.807, 2.05) is 25.7 Å². The van der Waals surface area contributed by atoms with Crippen molar-refractivity contribution >= 4 is 5.91 Å². The van der Waals surface area contributed by atoms with Crippen LogP contribution in [0.4, 0.5) is 0 Å². The van der Waals surface area contributed by atoms with Gasteiger partial charge in [-0.3, -0.25) is 9.59 Å². The Labute approximate surface area is 143 Å². The molecule has 2 N–H and O–H groups in total. The summed E-state index contributed by atoms with van der Waals surface area (Å²) in [4.78, 5) is 34.4. The van der Waals surface area contributed by atoms with Crippen molar-refractivity contribution in [3.63, 3.8) is 0 Å². The number of likely N-dealkylation sites (tertiary alicyclic amines) is 1. The highest BCUT2D eigenvalue weighted by atomic mass is 16.2. The molecule has 0 aliphatic carbocycles. The average Bonchev–Trinajstić information content (AvgIpc) is 2.94. The fourth-order valence-corrected chi connectivity index (χ4v) is 3.76. The molecule has 1 spiro atoms. The number of rotatable bonds is 1. The zero-order valence-electron chi connectivity index (χ0n) is 15.2. The maximum absolute atomic E-state index is 12.9. The molecule has 2 aliphatic heterocycles. The van der Waals surface area contributed by atoms with Gasteiger partial charge >= 0.3 is 0 Å². The van der Waals surface area contributed by atoms with Crippen LogP contribution in [0.15, 0.2) is 4.79 Å². The first kappa shape index (κ1) is 17.1. The second-order valence-electron chi connectivity index (χ2n) is 8.34. The van der Waals surface area contributed by atoms with Gasteiger partial charge in [0.25, 0.3) is 11.5 Å². The number of H-pyrrole nitrogens is 1. The largest absolute Gasteiger partial charge is 0.338 e. The number of carbonyl (C=O) groups excluding carboxylic acids is 1. The molecule has 2 aliphatic rings. The fourth-order valence-electron chi connectivity index (χ4n) is 3.76. The molecule has 3 heterocycles. The van der Waals surface area contributed by atoms with Crippen molar-refractivity contribution in [2.24, 2.45) is 5.41 Å². The molecule has 0 bridgehead atoms. The van der Waals surface area contributed by atoms with Gasteiger partial charge in [-0.2, -0.15) is 0 Å². The van der Waals surface area contributed by atoms with Crippen LogP contribution in [-0.2, 0) is 5.41 Å². The summed E-state index contributed by atoms with van der Waals surface area (Å²) in [5.41, 5.74) is 0.505. The normalized spacial score (nSPS) is 20.6. The first-order chi connectivity index (χ1) is 11.2. The Balaban J connectivity index is 1.80. The minimum Gasteiger partial charge on any atom is -0.338 e. The number of aryl methyl sites for hydroxylation is 1. The molecule has 6 nitrogen and oxygen atoms in total. The lowest BCUT2D eigenvalue weighted by Crippen LogP contribution is -2.45.